The minimum Gasteiger partial charge on any atom is -0.282 e. The molecular weight excluding hydrogens is 410 g/mol. The molecule has 0 spiro atoms. The lowest BCUT2D eigenvalue weighted by Crippen LogP contribution is -2.49. The topological polar surface area (TPSA) is 80.4 Å². The molecule has 0 aromatic carbocycles. The maximum atomic E-state index is 12.7. The van der Waals surface area contributed by atoms with Gasteiger partial charge in [-0.25, -0.2) is 13.2 Å². The van der Waals surface area contributed by atoms with Crippen molar-refractivity contribution >= 4 is 33.0 Å². The molecule has 11 heteroatoms. The van der Waals surface area contributed by atoms with Crippen LogP contribution in [-0.4, -0.2) is 58.1 Å². The fourth-order valence-electron chi connectivity index (χ4n) is 3.58. The monoisotopic (exact) mass is 431 g/mol. The van der Waals surface area contributed by atoms with Crippen molar-refractivity contribution in [1.29, 1.82) is 0 Å². The Balaban J connectivity index is 1.41. The van der Waals surface area contributed by atoms with Gasteiger partial charge in [0.15, 0.2) is 0 Å². The second kappa shape index (κ2) is 7.67. The van der Waals surface area contributed by atoms with Crippen molar-refractivity contribution in [1.82, 2.24) is 23.6 Å². The van der Waals surface area contributed by atoms with E-state index < -0.39 is 10.0 Å². The lowest BCUT2D eigenvalue weighted by atomic mass is 10.2. The van der Waals surface area contributed by atoms with E-state index in [4.69, 9.17) is 11.6 Å². The van der Waals surface area contributed by atoms with Crippen LogP contribution in [0.4, 0.5) is 0 Å². The number of aryl methyl sites for hydroxylation is 1. The number of hydrogen-bond donors (Lipinski definition) is 0. The molecule has 8 nitrogen and oxygen atoms in total. The Morgan fingerprint density at radius 1 is 1.07 bits per heavy atom. The van der Waals surface area contributed by atoms with Crippen LogP contribution in [0, 0.1) is 0 Å². The number of piperazine rings is 1. The van der Waals surface area contributed by atoms with Gasteiger partial charge < -0.3 is 0 Å². The highest BCUT2D eigenvalue weighted by atomic mass is 35.5. The average Bonchev–Trinajstić information content (AvgIpc) is 3.12. The molecule has 2 aliphatic heterocycles. The van der Waals surface area contributed by atoms with Crippen LogP contribution in [0.2, 0.25) is 4.34 Å². The third kappa shape index (κ3) is 3.86. The van der Waals surface area contributed by atoms with E-state index in [0.717, 1.165) is 49.4 Å². The molecule has 27 heavy (non-hydrogen) atoms. The van der Waals surface area contributed by atoms with Gasteiger partial charge in [-0.3, -0.25) is 9.47 Å². The molecule has 0 unspecified atom stereocenters. The van der Waals surface area contributed by atoms with Crippen LogP contribution in [0.5, 0.6) is 0 Å². The summed E-state index contributed by atoms with van der Waals surface area (Å²) in [6.07, 6.45) is 4.06. The summed E-state index contributed by atoms with van der Waals surface area (Å²) in [5, 5.41) is 4.50. The van der Waals surface area contributed by atoms with Gasteiger partial charge >= 0.3 is 5.69 Å². The van der Waals surface area contributed by atoms with E-state index in [9.17, 15) is 13.2 Å². The predicted octanol–water partition coefficient (Wildman–Crippen LogP) is 1.45. The molecule has 2 aliphatic rings. The molecule has 0 amide bonds. The molecule has 0 atom stereocenters. The molecule has 0 saturated carbocycles. The molecule has 0 N–H and O–H groups in total. The maximum absolute atomic E-state index is 12.7. The highest BCUT2D eigenvalue weighted by Gasteiger charge is 2.30. The molecule has 2 aromatic rings. The van der Waals surface area contributed by atoms with Gasteiger partial charge in [0.25, 0.3) is 10.0 Å². The van der Waals surface area contributed by atoms with E-state index >= 15 is 0 Å². The number of sulfonamides is 1. The Kier molecular flexibility index (Phi) is 5.43. The SMILES string of the molecule is O=c1n(CN2CCN(S(=O)(=O)c3ccc(Cl)s3)CC2)nc2n1CCCCC2. The first-order chi connectivity index (χ1) is 12.9. The van der Waals surface area contributed by atoms with Crippen molar-refractivity contribution in [3.05, 3.63) is 32.8 Å². The molecule has 0 aliphatic carbocycles. The number of aromatic nitrogens is 3. The summed E-state index contributed by atoms with van der Waals surface area (Å²) in [7, 11) is -3.50. The van der Waals surface area contributed by atoms with E-state index in [0.29, 0.717) is 37.2 Å². The van der Waals surface area contributed by atoms with E-state index in [1.54, 1.807) is 16.7 Å². The van der Waals surface area contributed by atoms with Gasteiger partial charge in [-0.2, -0.15) is 14.1 Å². The van der Waals surface area contributed by atoms with Crippen LogP contribution in [0.25, 0.3) is 0 Å². The third-order valence-electron chi connectivity index (χ3n) is 5.09. The molecule has 148 valence electrons. The molecular formula is C16H22ClN5O3S2. The summed E-state index contributed by atoms with van der Waals surface area (Å²) in [4.78, 5) is 14.6. The number of halogens is 1. The van der Waals surface area contributed by atoms with Crippen molar-refractivity contribution in [2.75, 3.05) is 26.2 Å². The van der Waals surface area contributed by atoms with Crippen molar-refractivity contribution in [3.8, 4) is 0 Å². The standard InChI is InChI=1S/C16H22ClN5O3S2/c17-13-5-6-15(26-13)27(24,25)20-10-8-19(9-11-20)12-22-16(23)21-7-3-1-2-4-14(21)18-22/h5-6H,1-4,7-12H2. The van der Waals surface area contributed by atoms with Crippen LogP contribution >= 0.6 is 22.9 Å². The van der Waals surface area contributed by atoms with Crippen molar-refractivity contribution in [2.24, 2.45) is 0 Å². The highest BCUT2D eigenvalue weighted by Crippen LogP contribution is 2.28. The lowest BCUT2D eigenvalue weighted by Gasteiger charge is -2.33. The minimum atomic E-state index is -3.50. The number of rotatable bonds is 4. The quantitative estimate of drug-likeness (QED) is 0.731. The van der Waals surface area contributed by atoms with Crippen LogP contribution in [0.3, 0.4) is 0 Å². The first-order valence-corrected chi connectivity index (χ1v) is 11.7. The highest BCUT2D eigenvalue weighted by molar-refractivity contribution is 7.91. The summed E-state index contributed by atoms with van der Waals surface area (Å²) in [6.45, 7) is 3.04. The lowest BCUT2D eigenvalue weighted by molar-refractivity contribution is 0.143. The summed E-state index contributed by atoms with van der Waals surface area (Å²) < 4.78 is 30.9. The van der Waals surface area contributed by atoms with Gasteiger partial charge in [-0.05, 0) is 25.0 Å². The minimum absolute atomic E-state index is 0.0600. The second-order valence-electron chi connectivity index (χ2n) is 6.88. The molecule has 0 radical (unpaired) electrons. The number of nitrogens with zero attached hydrogens (tertiary/aromatic N) is 5. The Morgan fingerprint density at radius 2 is 1.85 bits per heavy atom. The fourth-order valence-corrected chi connectivity index (χ4v) is 6.64. The van der Waals surface area contributed by atoms with Gasteiger partial charge in [0.05, 0.1) is 11.0 Å². The number of hydrogen-bond acceptors (Lipinski definition) is 6. The molecule has 4 rings (SSSR count). The van der Waals surface area contributed by atoms with Gasteiger partial charge in [0.2, 0.25) is 0 Å². The third-order valence-corrected chi connectivity index (χ3v) is 8.69. The summed E-state index contributed by atoms with van der Waals surface area (Å²) in [5.41, 5.74) is -0.0600. The van der Waals surface area contributed by atoms with Crippen molar-refractivity contribution < 1.29 is 8.42 Å². The first kappa shape index (κ1) is 19.1. The number of fused-ring (bicyclic) bond motifs is 1. The summed E-state index contributed by atoms with van der Waals surface area (Å²) in [5.74, 6) is 0.869. The maximum Gasteiger partial charge on any atom is 0.347 e. The van der Waals surface area contributed by atoms with Gasteiger partial charge in [0.1, 0.15) is 10.0 Å². The molecule has 1 fully saturated rings. The average molecular weight is 432 g/mol. The van der Waals surface area contributed by atoms with Gasteiger partial charge in [-0.15, -0.1) is 11.3 Å². The Bertz CT molecular complexity index is 973. The van der Waals surface area contributed by atoms with E-state index in [-0.39, 0.29) is 9.90 Å². The van der Waals surface area contributed by atoms with Gasteiger partial charge in [-0.1, -0.05) is 18.0 Å². The molecule has 1 saturated heterocycles. The van der Waals surface area contributed by atoms with Gasteiger partial charge in [0, 0.05) is 39.1 Å². The molecule has 2 aromatic heterocycles. The Morgan fingerprint density at radius 3 is 2.56 bits per heavy atom. The zero-order valence-electron chi connectivity index (χ0n) is 14.9. The normalized spacial score (nSPS) is 19.7. The van der Waals surface area contributed by atoms with Crippen molar-refractivity contribution in [2.45, 2.75) is 43.1 Å². The largest absolute Gasteiger partial charge is 0.347 e. The van der Waals surface area contributed by atoms with Crippen molar-refractivity contribution in [3.63, 3.8) is 0 Å². The van der Waals surface area contributed by atoms with E-state index in [2.05, 4.69) is 10.00 Å². The predicted molar refractivity (Wildman–Crippen MR) is 104 cm³/mol. The summed E-state index contributed by atoms with van der Waals surface area (Å²) >= 11 is 6.95. The first-order valence-electron chi connectivity index (χ1n) is 9.09. The molecule has 4 heterocycles. The Labute approximate surface area is 167 Å². The second-order valence-corrected chi connectivity index (χ2v) is 10.8. The van der Waals surface area contributed by atoms with Crippen LogP contribution in [0.1, 0.15) is 25.1 Å². The molecule has 0 bridgehead atoms. The summed E-state index contributed by atoms with van der Waals surface area (Å²) in [6, 6.07) is 3.15. The Hall–Kier alpha value is -1.20. The van der Waals surface area contributed by atoms with E-state index in [1.807, 2.05) is 0 Å². The van der Waals surface area contributed by atoms with Crippen LogP contribution < -0.4 is 5.69 Å². The smallest absolute Gasteiger partial charge is 0.282 e. The van der Waals surface area contributed by atoms with E-state index in [1.165, 1.54) is 8.99 Å². The zero-order valence-corrected chi connectivity index (χ0v) is 17.3. The van der Waals surface area contributed by atoms with Crippen LogP contribution in [-0.2, 0) is 29.7 Å². The number of thiophene rings is 1. The zero-order chi connectivity index (χ0) is 19.0. The fraction of sp³-hybridized carbons (Fsp3) is 0.625. The van der Waals surface area contributed by atoms with Crippen LogP contribution in [0.15, 0.2) is 21.1 Å².